The molecule has 138 valence electrons. The van der Waals surface area contributed by atoms with Crippen LogP contribution >= 0.6 is 35.0 Å². The lowest BCUT2D eigenvalue weighted by molar-refractivity contribution is -0.113. The minimum atomic E-state index is -0.239. The number of hydrogen-bond donors (Lipinski definition) is 0. The normalized spacial score (nSPS) is 19.0. The number of benzene rings is 2. The van der Waals surface area contributed by atoms with Gasteiger partial charge in [0, 0.05) is 47.5 Å². The number of amides is 1. The van der Waals surface area contributed by atoms with Crippen LogP contribution < -0.4 is 4.90 Å². The smallest absolute Gasteiger partial charge is 0.286 e. The molecular formula is C20H17Cl2N3OS. The van der Waals surface area contributed by atoms with Crippen LogP contribution in [0.2, 0.25) is 10.0 Å². The monoisotopic (exact) mass is 417 g/mol. The number of nitrogens with zero attached hydrogens (tertiary/aromatic N) is 3. The summed E-state index contributed by atoms with van der Waals surface area (Å²) in [5, 5.41) is 1.80. The summed E-state index contributed by atoms with van der Waals surface area (Å²) in [7, 11) is 0. The third kappa shape index (κ3) is 4.00. The minimum Gasteiger partial charge on any atom is -0.368 e. The van der Waals surface area contributed by atoms with Gasteiger partial charge in [-0.1, -0.05) is 47.5 Å². The molecule has 0 N–H and O–H groups in total. The van der Waals surface area contributed by atoms with Crippen molar-refractivity contribution in [3.05, 3.63) is 69.0 Å². The lowest BCUT2D eigenvalue weighted by Gasteiger charge is -2.36. The van der Waals surface area contributed by atoms with Gasteiger partial charge in [0.1, 0.15) is 0 Å². The summed E-state index contributed by atoms with van der Waals surface area (Å²) in [4.78, 5) is 21.6. The molecule has 2 aliphatic rings. The molecule has 4 rings (SSSR count). The maximum absolute atomic E-state index is 12.3. The van der Waals surface area contributed by atoms with Crippen LogP contribution in [0.3, 0.4) is 0 Å². The summed E-state index contributed by atoms with van der Waals surface area (Å²) >= 11 is 13.8. The zero-order valence-electron chi connectivity index (χ0n) is 14.4. The number of thioether (sulfide) groups is 1. The molecule has 0 unspecified atom stereocenters. The second-order valence-corrected chi connectivity index (χ2v) is 8.08. The topological polar surface area (TPSA) is 35.9 Å². The second kappa shape index (κ2) is 7.97. The molecule has 4 nitrogen and oxygen atoms in total. The quantitative estimate of drug-likeness (QED) is 0.658. The van der Waals surface area contributed by atoms with Crippen molar-refractivity contribution < 1.29 is 4.79 Å². The number of piperazine rings is 1. The highest BCUT2D eigenvalue weighted by Gasteiger charge is 2.28. The molecular weight excluding hydrogens is 401 g/mol. The van der Waals surface area contributed by atoms with Crippen LogP contribution in [0.1, 0.15) is 5.56 Å². The van der Waals surface area contributed by atoms with E-state index in [2.05, 4.69) is 26.9 Å². The maximum atomic E-state index is 12.3. The van der Waals surface area contributed by atoms with Crippen LogP contribution in [-0.2, 0) is 4.79 Å². The van der Waals surface area contributed by atoms with Gasteiger partial charge in [0.25, 0.3) is 5.91 Å². The summed E-state index contributed by atoms with van der Waals surface area (Å²) < 4.78 is 0. The second-order valence-electron chi connectivity index (χ2n) is 6.26. The highest BCUT2D eigenvalue weighted by molar-refractivity contribution is 8.18. The van der Waals surface area contributed by atoms with Crippen molar-refractivity contribution in [1.82, 2.24) is 4.90 Å². The molecule has 0 saturated carbocycles. The van der Waals surface area contributed by atoms with Crippen LogP contribution in [0.15, 0.2) is 58.4 Å². The van der Waals surface area contributed by atoms with E-state index >= 15 is 0 Å². The molecule has 2 heterocycles. The summed E-state index contributed by atoms with van der Waals surface area (Å²) in [6.07, 6.45) is 1.73. The largest absolute Gasteiger partial charge is 0.368 e. The van der Waals surface area contributed by atoms with E-state index in [1.165, 1.54) is 17.4 Å². The molecule has 0 aromatic heterocycles. The lowest BCUT2D eigenvalue weighted by atomic mass is 10.2. The van der Waals surface area contributed by atoms with E-state index in [1.807, 2.05) is 18.2 Å². The van der Waals surface area contributed by atoms with Gasteiger partial charge in [0.15, 0.2) is 5.17 Å². The molecule has 27 heavy (non-hydrogen) atoms. The third-order valence-corrected chi connectivity index (χ3v) is 6.26. The third-order valence-electron chi connectivity index (χ3n) is 4.56. The van der Waals surface area contributed by atoms with Crippen LogP contribution in [-0.4, -0.2) is 42.2 Å². The highest BCUT2D eigenvalue weighted by atomic mass is 35.5. The van der Waals surface area contributed by atoms with Crippen molar-refractivity contribution in [1.29, 1.82) is 0 Å². The summed E-state index contributed by atoms with van der Waals surface area (Å²) in [6, 6.07) is 15.7. The molecule has 1 amide bonds. The Bertz CT molecular complexity index is 902. The molecule has 0 bridgehead atoms. The fraction of sp³-hybridized carbons (Fsp3) is 0.200. The number of amidine groups is 1. The Morgan fingerprint density at radius 3 is 2.19 bits per heavy atom. The Kier molecular flexibility index (Phi) is 5.43. The van der Waals surface area contributed by atoms with Gasteiger partial charge in [-0.3, -0.25) is 4.79 Å². The molecule has 1 saturated heterocycles. The number of aliphatic imine (C=N–C) groups is 1. The first-order valence-corrected chi connectivity index (χ1v) is 10.2. The minimum absolute atomic E-state index is 0.239. The predicted molar refractivity (Wildman–Crippen MR) is 115 cm³/mol. The Balaban J connectivity index is 1.44. The van der Waals surface area contributed by atoms with Crippen molar-refractivity contribution >= 4 is 57.8 Å². The average molecular weight is 418 g/mol. The van der Waals surface area contributed by atoms with Crippen molar-refractivity contribution in [3.63, 3.8) is 0 Å². The van der Waals surface area contributed by atoms with E-state index in [9.17, 15) is 4.79 Å². The Morgan fingerprint density at radius 1 is 0.889 bits per heavy atom. The van der Waals surface area contributed by atoms with E-state index in [-0.39, 0.29) is 5.91 Å². The highest BCUT2D eigenvalue weighted by Crippen LogP contribution is 2.34. The standard InChI is InChI=1S/C20H17Cl2N3OS/c21-16-7-4-8-17(22)15(16)13-18-19(26)23-20(27-18)25-11-9-24(10-12-25)14-5-2-1-3-6-14/h1-8,13H,9-12H2/b18-13-. The van der Waals surface area contributed by atoms with Crippen molar-refractivity contribution in [2.45, 2.75) is 0 Å². The van der Waals surface area contributed by atoms with Crippen LogP contribution in [0, 0.1) is 0 Å². The van der Waals surface area contributed by atoms with Gasteiger partial charge < -0.3 is 9.80 Å². The molecule has 0 aliphatic carbocycles. The van der Waals surface area contributed by atoms with Gasteiger partial charge in [0.2, 0.25) is 0 Å². The Morgan fingerprint density at radius 2 is 1.52 bits per heavy atom. The van der Waals surface area contributed by atoms with Gasteiger partial charge in [-0.2, -0.15) is 4.99 Å². The molecule has 7 heteroatoms. The first kappa shape index (κ1) is 18.4. The first-order chi connectivity index (χ1) is 13.1. The number of carbonyl (C=O) groups excluding carboxylic acids is 1. The summed E-state index contributed by atoms with van der Waals surface area (Å²) in [6.45, 7) is 3.45. The Labute approximate surface area is 172 Å². The van der Waals surface area contributed by atoms with E-state index in [4.69, 9.17) is 23.2 Å². The zero-order valence-corrected chi connectivity index (χ0v) is 16.8. The van der Waals surface area contributed by atoms with Crippen LogP contribution in [0.5, 0.6) is 0 Å². The number of halogens is 2. The Hall–Kier alpha value is -1.95. The molecule has 2 aromatic rings. The number of hydrogen-bond acceptors (Lipinski definition) is 4. The van der Waals surface area contributed by atoms with Crippen LogP contribution in [0.25, 0.3) is 6.08 Å². The van der Waals surface area contributed by atoms with Gasteiger partial charge >= 0.3 is 0 Å². The number of para-hydroxylation sites is 1. The SMILES string of the molecule is O=C1N=C(N2CCN(c3ccccc3)CC2)S/C1=C\c1c(Cl)cccc1Cl. The molecule has 0 radical (unpaired) electrons. The van der Waals surface area contributed by atoms with E-state index in [0.29, 0.717) is 20.5 Å². The van der Waals surface area contributed by atoms with Crippen LogP contribution in [0.4, 0.5) is 5.69 Å². The van der Waals surface area contributed by atoms with E-state index in [0.717, 1.165) is 31.3 Å². The number of carbonyl (C=O) groups is 1. The summed E-state index contributed by atoms with van der Waals surface area (Å²) in [5.41, 5.74) is 1.88. The maximum Gasteiger partial charge on any atom is 0.286 e. The van der Waals surface area contributed by atoms with Crippen molar-refractivity contribution in [2.75, 3.05) is 31.1 Å². The molecule has 2 aromatic carbocycles. The lowest BCUT2D eigenvalue weighted by Crippen LogP contribution is -2.47. The molecule has 0 atom stereocenters. The van der Waals surface area contributed by atoms with Crippen molar-refractivity contribution in [3.8, 4) is 0 Å². The van der Waals surface area contributed by atoms with E-state index < -0.39 is 0 Å². The van der Waals surface area contributed by atoms with Gasteiger partial charge in [-0.15, -0.1) is 0 Å². The molecule has 2 aliphatic heterocycles. The fourth-order valence-corrected chi connectivity index (χ4v) is 4.56. The van der Waals surface area contributed by atoms with Gasteiger partial charge in [-0.05, 0) is 42.1 Å². The number of anilines is 1. The predicted octanol–water partition coefficient (Wildman–Crippen LogP) is 4.79. The first-order valence-electron chi connectivity index (χ1n) is 8.63. The van der Waals surface area contributed by atoms with E-state index in [1.54, 1.807) is 24.3 Å². The van der Waals surface area contributed by atoms with Crippen molar-refractivity contribution in [2.24, 2.45) is 4.99 Å². The summed E-state index contributed by atoms with van der Waals surface area (Å²) in [5.74, 6) is -0.239. The average Bonchev–Trinajstić information content (AvgIpc) is 3.06. The number of rotatable bonds is 2. The van der Waals surface area contributed by atoms with Gasteiger partial charge in [0.05, 0.1) is 4.91 Å². The molecule has 1 fully saturated rings. The van der Waals surface area contributed by atoms with Gasteiger partial charge in [-0.25, -0.2) is 0 Å². The fourth-order valence-electron chi connectivity index (χ4n) is 3.11. The molecule has 0 spiro atoms. The zero-order chi connectivity index (χ0) is 18.8.